The van der Waals surface area contributed by atoms with Gasteiger partial charge in [0.05, 0.1) is 0 Å². The van der Waals surface area contributed by atoms with Crippen LogP contribution in [0.3, 0.4) is 0 Å². The van der Waals surface area contributed by atoms with Gasteiger partial charge in [-0.1, -0.05) is 0 Å². The van der Waals surface area contributed by atoms with Gasteiger partial charge in [-0.2, -0.15) is 18.3 Å². The zero-order valence-electron chi connectivity index (χ0n) is 9.92. The zero-order chi connectivity index (χ0) is 14.6. The average molecular weight is 298 g/mol. The fraction of sp³-hybridized carbons (Fsp3) is 0.500. The molecule has 0 bridgehead atoms. The van der Waals surface area contributed by atoms with Crippen LogP contribution in [0.1, 0.15) is 29.0 Å². The average Bonchev–Trinajstić information content (AvgIpc) is 2.66. The fourth-order valence-electron chi connectivity index (χ4n) is 1.34. The Morgan fingerprint density at radius 1 is 1.47 bits per heavy atom. The topological polar surface area (TPSA) is 64.0 Å². The molecule has 1 aromatic rings. The minimum absolute atomic E-state index is 0.0843. The monoisotopic (exact) mass is 297 g/mol. The summed E-state index contributed by atoms with van der Waals surface area (Å²) in [5.41, 5.74) is -1.33. The second kappa shape index (κ2) is 6.05. The highest BCUT2D eigenvalue weighted by atomic mass is 35.5. The van der Waals surface area contributed by atoms with E-state index in [0.717, 1.165) is 4.68 Å². The molecule has 5 nitrogen and oxygen atoms in total. The molecule has 0 saturated carbocycles. The number of nitrogens with zero attached hydrogens (tertiary/aromatic N) is 2. The van der Waals surface area contributed by atoms with Crippen LogP contribution in [0.2, 0.25) is 0 Å². The van der Waals surface area contributed by atoms with E-state index in [2.05, 4.69) is 10.4 Å². The van der Waals surface area contributed by atoms with E-state index < -0.39 is 23.0 Å². The summed E-state index contributed by atoms with van der Waals surface area (Å²) in [4.78, 5) is 22.0. The Kier molecular flexibility index (Phi) is 4.93. The summed E-state index contributed by atoms with van der Waals surface area (Å²) in [6.07, 6.45) is -4.19. The van der Waals surface area contributed by atoms with Gasteiger partial charge in [-0.25, -0.2) is 0 Å². The van der Waals surface area contributed by atoms with Crippen LogP contribution in [-0.4, -0.2) is 27.5 Å². The largest absolute Gasteiger partial charge is 0.435 e. The van der Waals surface area contributed by atoms with Gasteiger partial charge in [0.2, 0.25) is 5.24 Å². The van der Waals surface area contributed by atoms with Crippen molar-refractivity contribution in [3.8, 4) is 0 Å². The summed E-state index contributed by atoms with van der Waals surface area (Å²) in [7, 11) is 1.24. The summed E-state index contributed by atoms with van der Waals surface area (Å²) in [6.45, 7) is 0.143. The fourth-order valence-corrected chi connectivity index (χ4v) is 1.47. The predicted molar refractivity (Wildman–Crippen MR) is 60.6 cm³/mol. The molecule has 19 heavy (non-hydrogen) atoms. The molecule has 0 unspecified atom stereocenters. The summed E-state index contributed by atoms with van der Waals surface area (Å²) >= 11 is 5.10. The van der Waals surface area contributed by atoms with E-state index >= 15 is 0 Å². The first-order chi connectivity index (χ1) is 8.71. The summed E-state index contributed by atoms with van der Waals surface area (Å²) in [5.74, 6) is -0.687. The number of amides is 1. The quantitative estimate of drug-likeness (QED) is 0.665. The Morgan fingerprint density at radius 2 is 2.11 bits per heavy atom. The smallest absolute Gasteiger partial charge is 0.351 e. The maximum Gasteiger partial charge on any atom is 0.435 e. The Morgan fingerprint density at radius 3 is 2.58 bits per heavy atom. The van der Waals surface area contributed by atoms with Crippen molar-refractivity contribution in [3.05, 3.63) is 17.5 Å². The third-order valence-electron chi connectivity index (χ3n) is 2.24. The van der Waals surface area contributed by atoms with Crippen molar-refractivity contribution >= 4 is 22.8 Å². The Balaban J connectivity index is 2.62. The third-order valence-corrected chi connectivity index (χ3v) is 2.43. The lowest BCUT2D eigenvalue weighted by atomic mass is 10.3. The number of carbonyl (C=O) groups is 2. The molecule has 0 spiro atoms. The molecule has 0 atom stereocenters. The van der Waals surface area contributed by atoms with Crippen molar-refractivity contribution < 1.29 is 22.8 Å². The van der Waals surface area contributed by atoms with E-state index in [9.17, 15) is 22.8 Å². The lowest BCUT2D eigenvalue weighted by Crippen LogP contribution is -2.26. The molecular weight excluding hydrogens is 287 g/mol. The van der Waals surface area contributed by atoms with Gasteiger partial charge in [0.1, 0.15) is 5.69 Å². The lowest BCUT2D eigenvalue weighted by molar-refractivity contribution is -0.141. The molecule has 1 rings (SSSR count). The number of alkyl halides is 3. The van der Waals surface area contributed by atoms with E-state index in [0.29, 0.717) is 12.5 Å². The number of hydrogen-bond acceptors (Lipinski definition) is 3. The second-order valence-electron chi connectivity index (χ2n) is 3.75. The molecule has 1 aromatic heterocycles. The van der Waals surface area contributed by atoms with Gasteiger partial charge in [0.15, 0.2) is 5.69 Å². The summed E-state index contributed by atoms with van der Waals surface area (Å²) < 4.78 is 38.0. The van der Waals surface area contributed by atoms with Crippen molar-refractivity contribution in [2.24, 2.45) is 7.05 Å². The number of halogens is 4. The number of carbonyl (C=O) groups excluding carboxylic acids is 2. The third kappa shape index (κ3) is 4.55. The number of nitrogens with one attached hydrogen (secondary N) is 1. The Labute approximate surface area is 111 Å². The zero-order valence-corrected chi connectivity index (χ0v) is 10.7. The molecule has 0 aliphatic heterocycles. The highest BCUT2D eigenvalue weighted by molar-refractivity contribution is 6.63. The molecule has 0 fully saturated rings. The highest BCUT2D eigenvalue weighted by Crippen LogP contribution is 2.28. The number of hydrogen-bond donors (Lipinski definition) is 1. The van der Waals surface area contributed by atoms with Crippen LogP contribution < -0.4 is 5.32 Å². The minimum Gasteiger partial charge on any atom is -0.351 e. The van der Waals surface area contributed by atoms with Crippen LogP contribution in [0.15, 0.2) is 6.07 Å². The molecule has 0 aliphatic rings. The summed E-state index contributed by atoms with van der Waals surface area (Å²) in [6, 6.07) is 0.669. The minimum atomic E-state index is -4.60. The molecule has 0 radical (unpaired) electrons. The van der Waals surface area contributed by atoms with Crippen molar-refractivity contribution in [2.75, 3.05) is 6.54 Å². The number of aryl methyl sites for hydroxylation is 1. The Bertz CT molecular complexity index is 485. The molecule has 1 N–H and O–H groups in total. The van der Waals surface area contributed by atoms with Crippen molar-refractivity contribution in [3.63, 3.8) is 0 Å². The molecular formula is C10H11ClF3N3O2. The highest BCUT2D eigenvalue weighted by Gasteiger charge is 2.35. The van der Waals surface area contributed by atoms with Gasteiger partial charge in [0, 0.05) is 26.1 Å². The van der Waals surface area contributed by atoms with Crippen LogP contribution in [0.5, 0.6) is 0 Å². The first-order valence-corrected chi connectivity index (χ1v) is 5.67. The van der Waals surface area contributed by atoms with E-state index in [-0.39, 0.29) is 18.7 Å². The molecule has 1 amide bonds. The van der Waals surface area contributed by atoms with Crippen molar-refractivity contribution in [1.82, 2.24) is 15.1 Å². The van der Waals surface area contributed by atoms with E-state index in [4.69, 9.17) is 11.6 Å². The molecule has 0 aliphatic carbocycles. The van der Waals surface area contributed by atoms with E-state index in [1.165, 1.54) is 7.05 Å². The maximum absolute atomic E-state index is 12.4. The standard InChI is InChI=1S/C10H11ClF3N3O2/c1-17-6(5-7(16-17)10(12,13)14)9(19)15-4-2-3-8(11)18/h5H,2-4H2,1H3,(H,15,19). The van der Waals surface area contributed by atoms with Crippen LogP contribution in [-0.2, 0) is 18.0 Å². The number of aromatic nitrogens is 2. The maximum atomic E-state index is 12.4. The van der Waals surface area contributed by atoms with E-state index in [1.807, 2.05) is 0 Å². The molecule has 0 aromatic carbocycles. The van der Waals surface area contributed by atoms with Crippen LogP contribution >= 0.6 is 11.6 Å². The lowest BCUT2D eigenvalue weighted by Gasteiger charge is -2.03. The van der Waals surface area contributed by atoms with Gasteiger partial charge < -0.3 is 5.32 Å². The molecule has 0 saturated heterocycles. The predicted octanol–water partition coefficient (Wildman–Crippen LogP) is 1.71. The first kappa shape index (κ1) is 15.5. The molecule has 1 heterocycles. The van der Waals surface area contributed by atoms with Crippen LogP contribution in [0.25, 0.3) is 0 Å². The van der Waals surface area contributed by atoms with Crippen molar-refractivity contribution in [2.45, 2.75) is 19.0 Å². The first-order valence-electron chi connectivity index (χ1n) is 5.29. The SMILES string of the molecule is Cn1nc(C(F)(F)F)cc1C(=O)NCCCC(=O)Cl. The van der Waals surface area contributed by atoms with Gasteiger partial charge in [0.25, 0.3) is 5.91 Å². The van der Waals surface area contributed by atoms with Gasteiger partial charge in [-0.05, 0) is 18.0 Å². The van der Waals surface area contributed by atoms with Gasteiger partial charge in [-0.15, -0.1) is 0 Å². The summed E-state index contributed by atoms with van der Waals surface area (Å²) in [5, 5.41) is 5.06. The molecule has 9 heteroatoms. The normalized spacial score (nSPS) is 11.4. The van der Waals surface area contributed by atoms with Gasteiger partial charge in [-0.3, -0.25) is 14.3 Å². The van der Waals surface area contributed by atoms with Crippen LogP contribution in [0, 0.1) is 0 Å². The van der Waals surface area contributed by atoms with E-state index in [1.54, 1.807) is 0 Å². The second-order valence-corrected chi connectivity index (χ2v) is 4.17. The number of rotatable bonds is 5. The Hall–Kier alpha value is -1.57. The van der Waals surface area contributed by atoms with Crippen molar-refractivity contribution in [1.29, 1.82) is 0 Å². The van der Waals surface area contributed by atoms with Crippen LogP contribution in [0.4, 0.5) is 13.2 Å². The van der Waals surface area contributed by atoms with Gasteiger partial charge >= 0.3 is 6.18 Å². The molecule has 106 valence electrons.